The Morgan fingerprint density at radius 3 is 2.61 bits per heavy atom. The van der Waals surface area contributed by atoms with Gasteiger partial charge in [0, 0.05) is 37.6 Å². The van der Waals surface area contributed by atoms with Gasteiger partial charge in [0.1, 0.15) is 11.7 Å². The highest BCUT2D eigenvalue weighted by molar-refractivity contribution is 5.97. The summed E-state index contributed by atoms with van der Waals surface area (Å²) >= 11 is 0. The van der Waals surface area contributed by atoms with Crippen molar-refractivity contribution in [3.8, 4) is 5.88 Å². The van der Waals surface area contributed by atoms with E-state index in [1.807, 2.05) is 74.5 Å². The zero-order chi connectivity index (χ0) is 27.1. The van der Waals surface area contributed by atoms with Crippen LogP contribution in [0, 0.1) is 5.92 Å². The third kappa shape index (κ3) is 6.63. The molecule has 0 radical (unpaired) electrons. The van der Waals surface area contributed by atoms with Gasteiger partial charge in [0.2, 0.25) is 11.8 Å². The molecule has 0 spiro atoms. The van der Waals surface area contributed by atoms with E-state index in [4.69, 9.17) is 4.74 Å². The van der Waals surface area contributed by atoms with E-state index >= 15 is 0 Å². The number of hydrogen-bond acceptors (Lipinski definition) is 6. The molecule has 1 aliphatic heterocycles. The number of likely N-dealkylation sites (N-methyl/N-ethyl adjacent to an activating group) is 1. The van der Waals surface area contributed by atoms with Crippen LogP contribution in [0.25, 0.3) is 12.2 Å². The zero-order valence-electron chi connectivity index (χ0n) is 22.0. The maximum absolute atomic E-state index is 13.6. The average molecular weight is 515 g/mol. The first-order valence-corrected chi connectivity index (χ1v) is 12.8. The number of benzene rings is 1. The zero-order valence-corrected chi connectivity index (χ0v) is 22.0. The first kappa shape index (κ1) is 27.0. The fourth-order valence-electron chi connectivity index (χ4n) is 4.35. The number of amides is 2. The van der Waals surface area contributed by atoms with Crippen molar-refractivity contribution in [2.75, 3.05) is 26.7 Å². The smallest absolute Gasteiger partial charge is 0.259 e. The maximum atomic E-state index is 13.6. The maximum Gasteiger partial charge on any atom is 0.259 e. The standard InChI is InChI=1S/C30H34N4O4/c1-21-18-34(22(2)20-35)30(37)26-15-24(13-12-23-9-5-4-6-10-23)17-32-29(26)38-27(21)19-33(3)28(36)16-25-11-7-8-14-31-25/h4-15,17,21-22,27,35H,16,18-20H2,1-3H3/b13-12+/t21-,22-,27-/m0/s1. The Balaban J connectivity index is 1.59. The van der Waals surface area contributed by atoms with Crippen LogP contribution in [-0.2, 0) is 11.2 Å². The minimum atomic E-state index is -0.411. The Hall–Kier alpha value is -4.04. The minimum absolute atomic E-state index is 0.0761. The topological polar surface area (TPSA) is 95.9 Å². The van der Waals surface area contributed by atoms with Crippen LogP contribution >= 0.6 is 0 Å². The Morgan fingerprint density at radius 2 is 1.89 bits per heavy atom. The summed E-state index contributed by atoms with van der Waals surface area (Å²) in [6.07, 6.45) is 6.98. The number of aliphatic hydroxyl groups is 1. The summed E-state index contributed by atoms with van der Waals surface area (Å²) in [5, 5.41) is 9.88. The van der Waals surface area contributed by atoms with Crippen LogP contribution in [0.2, 0.25) is 0 Å². The van der Waals surface area contributed by atoms with Gasteiger partial charge in [-0.1, -0.05) is 55.5 Å². The predicted molar refractivity (Wildman–Crippen MR) is 146 cm³/mol. The fraction of sp³-hybridized carbons (Fsp3) is 0.333. The lowest BCUT2D eigenvalue weighted by atomic mass is 9.99. The van der Waals surface area contributed by atoms with E-state index < -0.39 is 6.10 Å². The molecule has 2 amide bonds. The number of aromatic nitrogens is 2. The lowest BCUT2D eigenvalue weighted by Gasteiger charge is -2.37. The molecule has 1 aliphatic rings. The predicted octanol–water partition coefficient (Wildman–Crippen LogP) is 3.57. The summed E-state index contributed by atoms with van der Waals surface area (Å²) in [4.78, 5) is 38.6. The van der Waals surface area contributed by atoms with Gasteiger partial charge in [-0.2, -0.15) is 0 Å². The first-order valence-electron chi connectivity index (χ1n) is 12.8. The van der Waals surface area contributed by atoms with Gasteiger partial charge >= 0.3 is 0 Å². The van der Waals surface area contributed by atoms with Crippen LogP contribution in [0.1, 0.15) is 41.0 Å². The van der Waals surface area contributed by atoms with Gasteiger partial charge in [0.25, 0.3) is 5.91 Å². The summed E-state index contributed by atoms with van der Waals surface area (Å²) in [7, 11) is 1.74. The minimum Gasteiger partial charge on any atom is -0.472 e. The summed E-state index contributed by atoms with van der Waals surface area (Å²) in [6.45, 7) is 4.32. The van der Waals surface area contributed by atoms with E-state index in [0.29, 0.717) is 24.3 Å². The van der Waals surface area contributed by atoms with Gasteiger partial charge < -0.3 is 19.6 Å². The first-order chi connectivity index (χ1) is 18.4. The summed E-state index contributed by atoms with van der Waals surface area (Å²) in [6, 6.07) is 16.7. The highest BCUT2D eigenvalue weighted by Crippen LogP contribution is 2.28. The van der Waals surface area contributed by atoms with E-state index in [2.05, 4.69) is 9.97 Å². The number of rotatable bonds is 8. The molecule has 4 rings (SSSR count). The monoisotopic (exact) mass is 514 g/mol. The van der Waals surface area contributed by atoms with Crippen LogP contribution in [0.15, 0.2) is 67.0 Å². The number of aliphatic hydroxyl groups excluding tert-OH is 1. The van der Waals surface area contributed by atoms with Gasteiger partial charge in [-0.3, -0.25) is 14.6 Å². The van der Waals surface area contributed by atoms with Gasteiger partial charge in [0.15, 0.2) is 0 Å². The van der Waals surface area contributed by atoms with Crippen LogP contribution in [0.3, 0.4) is 0 Å². The van der Waals surface area contributed by atoms with Gasteiger partial charge in [-0.15, -0.1) is 0 Å². The van der Waals surface area contributed by atoms with Crippen molar-refractivity contribution in [3.63, 3.8) is 0 Å². The van der Waals surface area contributed by atoms with E-state index in [-0.39, 0.29) is 42.7 Å². The number of nitrogens with zero attached hydrogens (tertiary/aromatic N) is 4. The normalized spacial score (nSPS) is 18.3. The lowest BCUT2D eigenvalue weighted by Crippen LogP contribution is -2.50. The molecule has 0 saturated carbocycles. The highest BCUT2D eigenvalue weighted by Gasteiger charge is 2.34. The Labute approximate surface area is 223 Å². The van der Waals surface area contributed by atoms with Crippen molar-refractivity contribution >= 4 is 24.0 Å². The SMILES string of the molecule is C[C@H]1CN([C@@H](C)CO)C(=O)c2cc(/C=C/c3ccccc3)cnc2O[C@H]1CN(C)C(=O)Cc1ccccn1. The second-order valence-electron chi connectivity index (χ2n) is 9.76. The molecule has 0 fully saturated rings. The molecule has 1 aromatic carbocycles. The molecule has 0 unspecified atom stereocenters. The van der Waals surface area contributed by atoms with Crippen LogP contribution in [0.5, 0.6) is 5.88 Å². The summed E-state index contributed by atoms with van der Waals surface area (Å²) < 4.78 is 6.32. The van der Waals surface area contributed by atoms with E-state index in [0.717, 1.165) is 11.1 Å². The Bertz CT molecular complexity index is 1270. The van der Waals surface area contributed by atoms with Gasteiger partial charge in [0.05, 0.1) is 25.6 Å². The Morgan fingerprint density at radius 1 is 1.16 bits per heavy atom. The fourth-order valence-corrected chi connectivity index (χ4v) is 4.35. The van der Waals surface area contributed by atoms with Gasteiger partial charge in [-0.05, 0) is 36.2 Å². The molecule has 3 atom stereocenters. The molecule has 38 heavy (non-hydrogen) atoms. The van der Waals surface area contributed by atoms with E-state index in [1.165, 1.54) is 0 Å². The molecule has 198 valence electrons. The quantitative estimate of drug-likeness (QED) is 0.494. The van der Waals surface area contributed by atoms with Crippen molar-refractivity contribution in [2.45, 2.75) is 32.4 Å². The average Bonchev–Trinajstić information content (AvgIpc) is 2.94. The van der Waals surface area contributed by atoms with E-state index in [9.17, 15) is 14.7 Å². The number of ether oxygens (including phenoxy) is 1. The van der Waals surface area contributed by atoms with Crippen molar-refractivity contribution in [3.05, 3.63) is 89.4 Å². The second kappa shape index (κ2) is 12.5. The van der Waals surface area contributed by atoms with Crippen molar-refractivity contribution in [1.29, 1.82) is 0 Å². The number of carbonyl (C=O) groups is 2. The van der Waals surface area contributed by atoms with E-state index in [1.54, 1.807) is 35.3 Å². The third-order valence-corrected chi connectivity index (χ3v) is 6.75. The molecule has 0 saturated heterocycles. The molecule has 8 heteroatoms. The molecule has 3 heterocycles. The van der Waals surface area contributed by atoms with Crippen LogP contribution in [-0.4, -0.2) is 75.6 Å². The summed E-state index contributed by atoms with van der Waals surface area (Å²) in [5.41, 5.74) is 2.83. The van der Waals surface area contributed by atoms with Crippen molar-refractivity contribution in [1.82, 2.24) is 19.8 Å². The molecule has 2 aromatic heterocycles. The number of pyridine rings is 2. The molecular weight excluding hydrogens is 480 g/mol. The lowest BCUT2D eigenvalue weighted by molar-refractivity contribution is -0.130. The molecule has 0 aliphatic carbocycles. The van der Waals surface area contributed by atoms with Crippen molar-refractivity contribution in [2.24, 2.45) is 5.92 Å². The third-order valence-electron chi connectivity index (χ3n) is 6.75. The van der Waals surface area contributed by atoms with Crippen LogP contribution < -0.4 is 4.74 Å². The number of fused-ring (bicyclic) bond motifs is 1. The number of carbonyl (C=O) groups excluding carboxylic acids is 2. The number of hydrogen-bond donors (Lipinski definition) is 1. The highest BCUT2D eigenvalue weighted by atomic mass is 16.5. The van der Waals surface area contributed by atoms with Crippen LogP contribution in [0.4, 0.5) is 0 Å². The molecular formula is C30H34N4O4. The molecule has 0 bridgehead atoms. The largest absolute Gasteiger partial charge is 0.472 e. The second-order valence-corrected chi connectivity index (χ2v) is 9.76. The molecule has 1 N–H and O–H groups in total. The van der Waals surface area contributed by atoms with Gasteiger partial charge in [-0.25, -0.2) is 4.98 Å². The molecule has 8 nitrogen and oxygen atoms in total. The Kier molecular flexibility index (Phi) is 8.86. The molecule has 3 aromatic rings. The van der Waals surface area contributed by atoms with Crippen molar-refractivity contribution < 1.29 is 19.4 Å². The summed E-state index contributed by atoms with van der Waals surface area (Å²) in [5.74, 6) is -0.212.